The van der Waals surface area contributed by atoms with Gasteiger partial charge in [0.05, 0.1) is 11.6 Å². The number of benzene rings is 1. The molecule has 1 rings (SSSR count). The van der Waals surface area contributed by atoms with Crippen molar-refractivity contribution in [1.82, 2.24) is 5.32 Å². The number of amides is 1. The summed E-state index contributed by atoms with van der Waals surface area (Å²) in [5.74, 6) is -1.04. The average molecular weight is 360 g/mol. The molecular formula is C14H18BrNO5. The maximum Gasteiger partial charge on any atom is 0.330 e. The fourth-order valence-corrected chi connectivity index (χ4v) is 2.29. The number of carbonyl (C=O) groups excluding carboxylic acids is 1. The van der Waals surface area contributed by atoms with Gasteiger partial charge >= 0.3 is 5.97 Å². The quantitative estimate of drug-likeness (QED) is 0.778. The summed E-state index contributed by atoms with van der Waals surface area (Å²) < 4.78 is 10.8. The molecule has 0 saturated carbocycles. The van der Waals surface area contributed by atoms with E-state index in [4.69, 9.17) is 9.47 Å². The third-order valence-electron chi connectivity index (χ3n) is 2.83. The number of rotatable bonds is 7. The SMILES string of the molecule is CCOC(C)C(=O)NC(C(=O)O)c1ccc(OC)c(Br)c1. The zero-order chi connectivity index (χ0) is 16.0. The highest BCUT2D eigenvalue weighted by atomic mass is 79.9. The van der Waals surface area contributed by atoms with Crippen LogP contribution in [0.15, 0.2) is 22.7 Å². The molecule has 1 aromatic rings. The maximum atomic E-state index is 11.9. The van der Waals surface area contributed by atoms with Crippen molar-refractivity contribution in [2.75, 3.05) is 13.7 Å². The van der Waals surface area contributed by atoms with Gasteiger partial charge in [0.25, 0.3) is 0 Å². The number of aliphatic carboxylic acids is 1. The monoisotopic (exact) mass is 359 g/mol. The lowest BCUT2D eigenvalue weighted by atomic mass is 10.1. The molecule has 21 heavy (non-hydrogen) atoms. The molecule has 0 saturated heterocycles. The van der Waals surface area contributed by atoms with E-state index in [9.17, 15) is 14.7 Å². The lowest BCUT2D eigenvalue weighted by Crippen LogP contribution is -2.40. The van der Waals surface area contributed by atoms with Gasteiger partial charge in [-0.25, -0.2) is 4.79 Å². The van der Waals surface area contributed by atoms with Gasteiger partial charge in [0.1, 0.15) is 11.9 Å². The van der Waals surface area contributed by atoms with Crippen LogP contribution in [0.25, 0.3) is 0 Å². The zero-order valence-corrected chi connectivity index (χ0v) is 13.6. The van der Waals surface area contributed by atoms with Crippen molar-refractivity contribution < 1.29 is 24.2 Å². The van der Waals surface area contributed by atoms with Crippen LogP contribution in [0.3, 0.4) is 0 Å². The molecule has 7 heteroatoms. The summed E-state index contributed by atoms with van der Waals surface area (Å²) >= 11 is 3.29. The Morgan fingerprint density at radius 3 is 2.57 bits per heavy atom. The van der Waals surface area contributed by atoms with Crippen LogP contribution in [0.4, 0.5) is 0 Å². The molecule has 0 radical (unpaired) electrons. The van der Waals surface area contributed by atoms with Crippen LogP contribution in [0.2, 0.25) is 0 Å². The number of hydrogen-bond acceptors (Lipinski definition) is 4. The highest BCUT2D eigenvalue weighted by Gasteiger charge is 2.25. The summed E-state index contributed by atoms with van der Waals surface area (Å²) in [7, 11) is 1.51. The maximum absolute atomic E-state index is 11.9. The topological polar surface area (TPSA) is 84.9 Å². The first-order chi connectivity index (χ1) is 9.90. The molecule has 0 aliphatic rings. The highest BCUT2D eigenvalue weighted by molar-refractivity contribution is 9.10. The average Bonchev–Trinajstić information content (AvgIpc) is 2.44. The van der Waals surface area contributed by atoms with Crippen molar-refractivity contribution in [2.45, 2.75) is 26.0 Å². The van der Waals surface area contributed by atoms with Crippen molar-refractivity contribution in [3.8, 4) is 5.75 Å². The number of ether oxygens (including phenoxy) is 2. The van der Waals surface area contributed by atoms with Crippen molar-refractivity contribution in [1.29, 1.82) is 0 Å². The Bertz CT molecular complexity index is 520. The van der Waals surface area contributed by atoms with Gasteiger partial charge in [0, 0.05) is 6.61 Å². The van der Waals surface area contributed by atoms with E-state index in [0.29, 0.717) is 22.4 Å². The minimum Gasteiger partial charge on any atom is -0.496 e. The summed E-state index contributed by atoms with van der Waals surface area (Å²) in [6.07, 6.45) is -0.710. The van der Waals surface area contributed by atoms with Gasteiger partial charge in [0.2, 0.25) is 5.91 Å². The predicted octanol–water partition coefficient (Wildman–Crippen LogP) is 2.12. The van der Waals surface area contributed by atoms with Gasteiger partial charge in [0.15, 0.2) is 6.04 Å². The second-order valence-electron chi connectivity index (χ2n) is 4.27. The molecule has 116 valence electrons. The minimum absolute atomic E-state index is 0.375. The van der Waals surface area contributed by atoms with Crippen LogP contribution in [0, 0.1) is 0 Å². The van der Waals surface area contributed by atoms with Crippen LogP contribution in [0.1, 0.15) is 25.5 Å². The molecule has 0 fully saturated rings. The number of carboxylic acids is 1. The molecule has 0 aromatic heterocycles. The van der Waals surface area contributed by atoms with Crippen molar-refractivity contribution in [2.24, 2.45) is 0 Å². The van der Waals surface area contributed by atoms with Crippen LogP contribution in [-0.2, 0) is 14.3 Å². The molecule has 6 nitrogen and oxygen atoms in total. The van der Waals surface area contributed by atoms with Gasteiger partial charge in [-0.2, -0.15) is 0 Å². The molecule has 2 N–H and O–H groups in total. The molecule has 0 bridgehead atoms. The van der Waals surface area contributed by atoms with Crippen molar-refractivity contribution in [3.63, 3.8) is 0 Å². The summed E-state index contributed by atoms with van der Waals surface area (Å²) in [6.45, 7) is 3.71. The Kier molecular flexibility index (Phi) is 6.64. The number of carbonyl (C=O) groups is 2. The smallest absolute Gasteiger partial charge is 0.330 e. The summed E-state index contributed by atoms with van der Waals surface area (Å²) in [6, 6.07) is 3.67. The van der Waals surface area contributed by atoms with Gasteiger partial charge in [-0.1, -0.05) is 6.07 Å². The van der Waals surface area contributed by atoms with Crippen LogP contribution in [0.5, 0.6) is 5.75 Å². The first-order valence-corrected chi connectivity index (χ1v) is 7.18. The van der Waals surface area contributed by atoms with Crippen LogP contribution >= 0.6 is 15.9 Å². The Hall–Kier alpha value is -1.60. The highest BCUT2D eigenvalue weighted by Crippen LogP contribution is 2.28. The zero-order valence-electron chi connectivity index (χ0n) is 12.1. The molecule has 1 aromatic carbocycles. The third kappa shape index (κ3) is 4.71. The lowest BCUT2D eigenvalue weighted by Gasteiger charge is -2.18. The molecule has 2 unspecified atom stereocenters. The molecule has 0 aliphatic heterocycles. The van der Waals surface area contributed by atoms with Gasteiger partial charge in [-0.15, -0.1) is 0 Å². The number of carboxylic acid groups (broad SMARTS) is 1. The van der Waals surface area contributed by atoms with E-state index in [0.717, 1.165) is 0 Å². The minimum atomic E-state index is -1.15. The predicted molar refractivity (Wildman–Crippen MR) is 80.3 cm³/mol. The van der Waals surface area contributed by atoms with E-state index in [1.165, 1.54) is 7.11 Å². The number of halogens is 1. The van der Waals surface area contributed by atoms with E-state index in [1.54, 1.807) is 32.0 Å². The van der Waals surface area contributed by atoms with Gasteiger partial charge in [-0.3, -0.25) is 4.79 Å². The summed E-state index contributed by atoms with van der Waals surface area (Å²) in [5.41, 5.74) is 0.437. The Morgan fingerprint density at radius 2 is 2.10 bits per heavy atom. The second-order valence-corrected chi connectivity index (χ2v) is 5.13. The number of hydrogen-bond donors (Lipinski definition) is 2. The van der Waals surface area contributed by atoms with E-state index >= 15 is 0 Å². The van der Waals surface area contributed by atoms with E-state index in [-0.39, 0.29) is 0 Å². The number of methoxy groups -OCH3 is 1. The summed E-state index contributed by atoms with van der Waals surface area (Å²) in [5, 5.41) is 11.8. The Balaban J connectivity index is 2.95. The second kappa shape index (κ2) is 7.99. The van der Waals surface area contributed by atoms with Gasteiger partial charge in [-0.05, 0) is 47.5 Å². The first-order valence-electron chi connectivity index (χ1n) is 6.38. The normalized spacial score (nSPS) is 13.3. The molecular weight excluding hydrogens is 342 g/mol. The molecule has 2 atom stereocenters. The van der Waals surface area contributed by atoms with Crippen molar-refractivity contribution in [3.05, 3.63) is 28.2 Å². The van der Waals surface area contributed by atoms with Gasteiger partial charge < -0.3 is 19.9 Å². The first kappa shape index (κ1) is 17.5. The van der Waals surface area contributed by atoms with E-state index in [1.807, 2.05) is 0 Å². The molecule has 0 aliphatic carbocycles. The lowest BCUT2D eigenvalue weighted by molar-refractivity contribution is -0.144. The largest absolute Gasteiger partial charge is 0.496 e. The van der Waals surface area contributed by atoms with E-state index < -0.39 is 24.0 Å². The summed E-state index contributed by atoms with van der Waals surface area (Å²) in [4.78, 5) is 23.3. The fourth-order valence-electron chi connectivity index (χ4n) is 1.74. The Labute approximate surface area is 131 Å². The molecule has 0 heterocycles. The third-order valence-corrected chi connectivity index (χ3v) is 3.45. The molecule has 0 spiro atoms. The van der Waals surface area contributed by atoms with E-state index in [2.05, 4.69) is 21.2 Å². The Morgan fingerprint density at radius 1 is 1.43 bits per heavy atom. The molecule has 1 amide bonds. The number of nitrogens with one attached hydrogen (secondary N) is 1. The standard InChI is InChI=1S/C14H18BrNO5/c1-4-21-8(2)13(17)16-12(14(18)19)9-5-6-11(20-3)10(15)7-9/h5-8,12H,4H2,1-3H3,(H,16,17)(H,18,19). The van der Waals surface area contributed by atoms with Crippen molar-refractivity contribution >= 4 is 27.8 Å². The van der Waals surface area contributed by atoms with Crippen LogP contribution < -0.4 is 10.1 Å². The van der Waals surface area contributed by atoms with Crippen LogP contribution in [-0.4, -0.2) is 36.8 Å². The fraction of sp³-hybridized carbons (Fsp3) is 0.429.